The molecule has 0 saturated carbocycles. The largest absolute Gasteiger partial charge is 0.391 e. The molecule has 3 N–H and O–H groups in total. The maximum absolute atomic E-state index is 10.1. The maximum atomic E-state index is 10.1. The number of fused-ring (bicyclic) bond motifs is 1. The highest BCUT2D eigenvalue weighted by molar-refractivity contribution is 5.81. The second-order valence-corrected chi connectivity index (χ2v) is 5.70. The van der Waals surface area contributed by atoms with Crippen LogP contribution in [0.4, 0.5) is 5.82 Å². The summed E-state index contributed by atoms with van der Waals surface area (Å²) in [6.45, 7) is 2.67. The molecule has 2 heterocycles. The van der Waals surface area contributed by atoms with Gasteiger partial charge in [-0.1, -0.05) is 30.3 Å². The zero-order chi connectivity index (χ0) is 16.9. The number of aliphatic hydroxyl groups excluding tert-OH is 1. The first-order valence-electron chi connectivity index (χ1n) is 7.89. The van der Waals surface area contributed by atoms with Crippen molar-refractivity contribution in [3.8, 4) is 0 Å². The smallest absolute Gasteiger partial charge is 0.165 e. The number of benzene rings is 1. The molecule has 7 nitrogen and oxygen atoms in total. The minimum Gasteiger partial charge on any atom is -0.391 e. The van der Waals surface area contributed by atoms with Crippen LogP contribution in [0.2, 0.25) is 0 Å². The monoisotopic (exact) mass is 327 g/mol. The lowest BCUT2D eigenvalue weighted by Crippen LogP contribution is -2.26. The van der Waals surface area contributed by atoms with Crippen molar-refractivity contribution in [1.82, 2.24) is 19.5 Å². The molecule has 0 aliphatic heterocycles. The Labute approximate surface area is 140 Å². The minimum atomic E-state index is -0.615. The molecule has 3 aromatic rings. The van der Waals surface area contributed by atoms with Crippen molar-refractivity contribution in [2.45, 2.75) is 25.5 Å². The van der Waals surface area contributed by atoms with Crippen molar-refractivity contribution in [3.63, 3.8) is 0 Å². The fourth-order valence-electron chi connectivity index (χ4n) is 2.60. The van der Waals surface area contributed by atoms with Crippen LogP contribution in [0.25, 0.3) is 11.2 Å². The highest BCUT2D eigenvalue weighted by Crippen LogP contribution is 2.21. The molecule has 0 saturated heterocycles. The van der Waals surface area contributed by atoms with E-state index in [1.165, 1.54) is 11.9 Å². The van der Waals surface area contributed by atoms with Crippen LogP contribution in [-0.2, 0) is 11.2 Å². The third kappa shape index (κ3) is 3.52. The Morgan fingerprint density at radius 3 is 2.75 bits per heavy atom. The Kier molecular flexibility index (Phi) is 5.02. The van der Waals surface area contributed by atoms with E-state index in [1.54, 1.807) is 17.8 Å². The van der Waals surface area contributed by atoms with Gasteiger partial charge in [0.1, 0.15) is 11.8 Å². The SMILES string of the molecule is CC(O)C(COCCc1ccccc1)n1cnc2c(N)ncnc21. The number of nitrogen functional groups attached to an aromatic ring is 1. The van der Waals surface area contributed by atoms with Crippen molar-refractivity contribution in [1.29, 1.82) is 0 Å². The molecule has 7 heteroatoms. The zero-order valence-electron chi connectivity index (χ0n) is 13.5. The van der Waals surface area contributed by atoms with E-state index in [1.807, 2.05) is 18.2 Å². The van der Waals surface area contributed by atoms with Gasteiger partial charge in [-0.2, -0.15) is 0 Å². The first kappa shape index (κ1) is 16.4. The summed E-state index contributed by atoms with van der Waals surface area (Å²) < 4.78 is 7.57. The Bertz CT molecular complexity index is 788. The summed E-state index contributed by atoms with van der Waals surface area (Å²) in [5, 5.41) is 10.1. The van der Waals surface area contributed by atoms with E-state index < -0.39 is 6.10 Å². The zero-order valence-corrected chi connectivity index (χ0v) is 13.5. The average Bonchev–Trinajstić information content (AvgIpc) is 3.01. The summed E-state index contributed by atoms with van der Waals surface area (Å²) >= 11 is 0. The Hall–Kier alpha value is -2.51. The highest BCUT2D eigenvalue weighted by Gasteiger charge is 2.21. The summed E-state index contributed by atoms with van der Waals surface area (Å²) in [4.78, 5) is 12.4. The number of aliphatic hydroxyl groups is 1. The molecule has 2 aromatic heterocycles. The molecule has 126 valence electrons. The second-order valence-electron chi connectivity index (χ2n) is 5.70. The number of nitrogens with two attached hydrogens (primary N) is 1. The average molecular weight is 327 g/mol. The van der Waals surface area contributed by atoms with Gasteiger partial charge >= 0.3 is 0 Å². The number of anilines is 1. The van der Waals surface area contributed by atoms with E-state index in [0.29, 0.717) is 30.2 Å². The van der Waals surface area contributed by atoms with E-state index >= 15 is 0 Å². The molecule has 24 heavy (non-hydrogen) atoms. The first-order valence-corrected chi connectivity index (χ1v) is 7.89. The predicted molar refractivity (Wildman–Crippen MR) is 91.4 cm³/mol. The van der Waals surface area contributed by atoms with Gasteiger partial charge in [-0.25, -0.2) is 15.0 Å². The molecule has 0 aliphatic carbocycles. The molecule has 0 spiro atoms. The van der Waals surface area contributed by atoms with Crippen LogP contribution in [0.15, 0.2) is 43.0 Å². The number of hydrogen-bond acceptors (Lipinski definition) is 6. The summed E-state index contributed by atoms with van der Waals surface area (Å²) in [6.07, 6.45) is 3.22. The fraction of sp³-hybridized carbons (Fsp3) is 0.353. The molecule has 1 aromatic carbocycles. The van der Waals surface area contributed by atoms with Gasteiger partial charge in [0.2, 0.25) is 0 Å². The van der Waals surface area contributed by atoms with E-state index in [2.05, 4.69) is 27.1 Å². The first-order chi connectivity index (χ1) is 11.7. The van der Waals surface area contributed by atoms with E-state index in [9.17, 15) is 5.11 Å². The predicted octanol–water partition coefficient (Wildman–Crippen LogP) is 1.59. The summed E-state index contributed by atoms with van der Waals surface area (Å²) in [5.74, 6) is 0.327. The lowest BCUT2D eigenvalue weighted by atomic mass is 10.1. The van der Waals surface area contributed by atoms with Crippen LogP contribution in [-0.4, -0.2) is 43.9 Å². The van der Waals surface area contributed by atoms with Gasteiger partial charge in [0, 0.05) is 0 Å². The third-order valence-corrected chi connectivity index (χ3v) is 3.97. The van der Waals surface area contributed by atoms with Crippen molar-refractivity contribution >= 4 is 17.0 Å². The van der Waals surface area contributed by atoms with E-state index in [4.69, 9.17) is 10.5 Å². The van der Waals surface area contributed by atoms with Gasteiger partial charge in [0.25, 0.3) is 0 Å². The number of rotatable bonds is 7. The Morgan fingerprint density at radius 1 is 1.21 bits per heavy atom. The molecule has 2 atom stereocenters. The minimum absolute atomic E-state index is 0.292. The molecule has 2 unspecified atom stereocenters. The summed E-state index contributed by atoms with van der Waals surface area (Å²) in [7, 11) is 0. The van der Waals surface area contributed by atoms with E-state index in [0.717, 1.165) is 6.42 Å². The third-order valence-electron chi connectivity index (χ3n) is 3.97. The molecular weight excluding hydrogens is 306 g/mol. The van der Waals surface area contributed by atoms with Crippen molar-refractivity contribution in [2.24, 2.45) is 0 Å². The van der Waals surface area contributed by atoms with Gasteiger partial charge in [0.05, 0.1) is 31.7 Å². The highest BCUT2D eigenvalue weighted by atomic mass is 16.5. The topological polar surface area (TPSA) is 99.1 Å². The van der Waals surface area contributed by atoms with Gasteiger partial charge in [-0.05, 0) is 18.9 Å². The number of nitrogens with zero attached hydrogens (tertiary/aromatic N) is 4. The van der Waals surface area contributed by atoms with Crippen LogP contribution in [0.5, 0.6) is 0 Å². The van der Waals surface area contributed by atoms with Crippen LogP contribution < -0.4 is 5.73 Å². The van der Waals surface area contributed by atoms with Crippen molar-refractivity contribution in [2.75, 3.05) is 18.9 Å². The molecule has 0 aliphatic rings. The van der Waals surface area contributed by atoms with Gasteiger partial charge in [-0.3, -0.25) is 0 Å². The fourth-order valence-corrected chi connectivity index (χ4v) is 2.60. The van der Waals surface area contributed by atoms with Gasteiger partial charge in [0.15, 0.2) is 11.5 Å². The Morgan fingerprint density at radius 2 is 2.00 bits per heavy atom. The maximum Gasteiger partial charge on any atom is 0.165 e. The summed E-state index contributed by atoms with van der Waals surface area (Å²) in [5.41, 5.74) is 8.17. The number of ether oxygens (including phenoxy) is 1. The molecule has 0 bridgehead atoms. The van der Waals surface area contributed by atoms with Crippen LogP contribution in [0.1, 0.15) is 18.5 Å². The van der Waals surface area contributed by atoms with Crippen molar-refractivity contribution in [3.05, 3.63) is 48.5 Å². The molecule has 0 amide bonds. The second kappa shape index (κ2) is 7.37. The van der Waals surface area contributed by atoms with Crippen LogP contribution >= 0.6 is 0 Å². The van der Waals surface area contributed by atoms with E-state index in [-0.39, 0.29) is 6.04 Å². The molecule has 0 fully saturated rings. The number of imidazole rings is 1. The van der Waals surface area contributed by atoms with Gasteiger partial charge < -0.3 is 20.1 Å². The normalized spacial score (nSPS) is 13.9. The van der Waals surface area contributed by atoms with Crippen molar-refractivity contribution < 1.29 is 9.84 Å². The number of hydrogen-bond donors (Lipinski definition) is 2. The molecule has 0 radical (unpaired) electrons. The van der Waals surface area contributed by atoms with Crippen LogP contribution in [0.3, 0.4) is 0 Å². The lowest BCUT2D eigenvalue weighted by Gasteiger charge is -2.21. The number of aromatic nitrogens is 4. The lowest BCUT2D eigenvalue weighted by molar-refractivity contribution is 0.0443. The quantitative estimate of drug-likeness (QED) is 0.639. The molecular formula is C17H21N5O2. The van der Waals surface area contributed by atoms with Gasteiger partial charge in [-0.15, -0.1) is 0 Å². The Balaban J connectivity index is 1.67. The van der Waals surface area contributed by atoms with Crippen LogP contribution in [0, 0.1) is 0 Å². The summed E-state index contributed by atoms with van der Waals surface area (Å²) in [6, 6.07) is 9.86. The molecule has 3 rings (SSSR count). The standard InChI is InChI=1S/C17H21N5O2/c1-12(23)14(9-24-8-7-13-5-3-2-4-6-13)22-11-21-15-16(18)19-10-20-17(15)22/h2-6,10-12,14,23H,7-9H2,1H3,(H2,18,19,20).